The Morgan fingerprint density at radius 1 is 0.659 bits per heavy atom. The van der Waals surface area contributed by atoms with Crippen molar-refractivity contribution in [1.82, 2.24) is 5.32 Å². The fourth-order valence-corrected chi connectivity index (χ4v) is 4.63. The molecule has 0 saturated heterocycles. The van der Waals surface area contributed by atoms with Crippen LogP contribution in [0, 0.1) is 5.92 Å². The molecule has 0 aromatic heterocycles. The second-order valence-electron chi connectivity index (χ2n) is 9.15. The molecule has 0 bridgehead atoms. The maximum atomic E-state index is 12.9. The van der Waals surface area contributed by atoms with Crippen molar-refractivity contribution in [2.75, 3.05) is 18.1 Å². The minimum Gasteiger partial charge on any atom is -0.461 e. The van der Waals surface area contributed by atoms with Crippen molar-refractivity contribution in [3.8, 4) is 0 Å². The molecule has 3 aromatic carbocycles. The van der Waals surface area contributed by atoms with E-state index in [-0.39, 0.29) is 44.3 Å². The fourth-order valence-electron chi connectivity index (χ4n) is 3.55. The topological polar surface area (TPSA) is 134 Å². The summed E-state index contributed by atoms with van der Waals surface area (Å²) in [5.74, 6) is -2.64. The summed E-state index contributed by atoms with van der Waals surface area (Å²) < 4.78 is 16.0. The SMILES string of the molecule is N[C@H](CSC[C@H](CC(=O)OCc1ccccc1)C(=O)OCc1ccccc1)C(=O)NCC(=O)OCc1ccccc1. The van der Waals surface area contributed by atoms with Crippen molar-refractivity contribution >= 4 is 35.6 Å². The van der Waals surface area contributed by atoms with Gasteiger partial charge in [0.05, 0.1) is 18.4 Å². The molecule has 0 aliphatic carbocycles. The number of hydrogen-bond donors (Lipinski definition) is 2. The molecule has 1 amide bonds. The number of thioether (sulfide) groups is 1. The van der Waals surface area contributed by atoms with Gasteiger partial charge in [0.2, 0.25) is 5.91 Å². The van der Waals surface area contributed by atoms with Gasteiger partial charge in [-0.25, -0.2) is 0 Å². The highest BCUT2D eigenvalue weighted by Gasteiger charge is 2.26. The second-order valence-corrected chi connectivity index (χ2v) is 10.2. The molecule has 3 aromatic rings. The third-order valence-electron chi connectivity index (χ3n) is 5.82. The first-order chi connectivity index (χ1) is 19.9. The van der Waals surface area contributed by atoms with E-state index in [0.717, 1.165) is 16.7 Å². The predicted molar refractivity (Wildman–Crippen MR) is 155 cm³/mol. The molecule has 0 spiro atoms. The summed E-state index contributed by atoms with van der Waals surface area (Å²) in [7, 11) is 0. The van der Waals surface area contributed by atoms with E-state index in [1.807, 2.05) is 91.0 Å². The lowest BCUT2D eigenvalue weighted by molar-refractivity contribution is -0.155. The van der Waals surface area contributed by atoms with Gasteiger partial charge in [0.1, 0.15) is 26.4 Å². The van der Waals surface area contributed by atoms with Crippen molar-refractivity contribution in [3.63, 3.8) is 0 Å². The number of amides is 1. The lowest BCUT2D eigenvalue weighted by Gasteiger charge is -2.17. The van der Waals surface area contributed by atoms with Crippen LogP contribution < -0.4 is 11.1 Å². The predicted octanol–water partition coefficient (Wildman–Crippen LogP) is 3.40. The van der Waals surface area contributed by atoms with Crippen LogP contribution in [0.1, 0.15) is 23.1 Å². The first-order valence-electron chi connectivity index (χ1n) is 13.1. The molecule has 0 heterocycles. The Morgan fingerprint density at radius 2 is 1.12 bits per heavy atom. The summed E-state index contributed by atoms with van der Waals surface area (Å²) in [6, 6.07) is 26.7. The van der Waals surface area contributed by atoms with E-state index < -0.39 is 35.8 Å². The Bertz CT molecular complexity index is 1240. The van der Waals surface area contributed by atoms with Crippen LogP contribution in [0.2, 0.25) is 0 Å². The van der Waals surface area contributed by atoms with Gasteiger partial charge in [-0.05, 0) is 16.7 Å². The van der Waals surface area contributed by atoms with Gasteiger partial charge in [-0.2, -0.15) is 11.8 Å². The Labute approximate surface area is 243 Å². The number of carbonyl (C=O) groups excluding carboxylic acids is 4. The van der Waals surface area contributed by atoms with Gasteiger partial charge in [-0.3, -0.25) is 19.2 Å². The van der Waals surface area contributed by atoms with Crippen molar-refractivity contribution in [3.05, 3.63) is 108 Å². The minimum atomic E-state index is -0.937. The van der Waals surface area contributed by atoms with Crippen LogP contribution in [0.3, 0.4) is 0 Å². The molecule has 2 atom stereocenters. The molecule has 3 rings (SSSR count). The van der Waals surface area contributed by atoms with Gasteiger partial charge in [0.25, 0.3) is 0 Å². The number of carbonyl (C=O) groups is 4. The smallest absolute Gasteiger partial charge is 0.325 e. The summed E-state index contributed by atoms with van der Waals surface area (Å²) in [4.78, 5) is 49.7. The standard InChI is InChI=1S/C31H34N2O7S/c32-27(30(36)33-17-29(35)39-19-24-12-6-2-7-13-24)22-41-21-26(31(37)40-20-25-14-8-3-9-15-25)16-28(34)38-18-23-10-4-1-5-11-23/h1-15,26-27H,16-22,32H2,(H,33,36)/t26-,27+/m0/s1. The molecular formula is C31H34N2O7S. The molecular weight excluding hydrogens is 544 g/mol. The average molecular weight is 579 g/mol. The van der Waals surface area contributed by atoms with E-state index in [2.05, 4.69) is 5.32 Å². The fraction of sp³-hybridized carbons (Fsp3) is 0.290. The van der Waals surface area contributed by atoms with Crippen LogP contribution in [-0.4, -0.2) is 47.9 Å². The van der Waals surface area contributed by atoms with Crippen molar-refractivity contribution in [2.45, 2.75) is 32.3 Å². The molecule has 0 aliphatic rings. The zero-order valence-electron chi connectivity index (χ0n) is 22.6. The summed E-state index contributed by atoms with van der Waals surface area (Å²) in [5.41, 5.74) is 8.47. The Balaban J connectivity index is 1.44. The van der Waals surface area contributed by atoms with Crippen LogP contribution in [0.5, 0.6) is 0 Å². The monoisotopic (exact) mass is 578 g/mol. The summed E-state index contributed by atoms with van der Waals surface area (Å²) in [5, 5.41) is 2.46. The van der Waals surface area contributed by atoms with Crippen LogP contribution in [-0.2, 0) is 53.2 Å². The average Bonchev–Trinajstić information content (AvgIpc) is 3.01. The lowest BCUT2D eigenvalue weighted by atomic mass is 10.1. The molecule has 0 saturated carbocycles. The van der Waals surface area contributed by atoms with Gasteiger partial charge in [-0.15, -0.1) is 0 Å². The highest BCUT2D eigenvalue weighted by molar-refractivity contribution is 7.99. The van der Waals surface area contributed by atoms with E-state index in [4.69, 9.17) is 19.9 Å². The summed E-state index contributed by atoms with van der Waals surface area (Å²) in [6.07, 6.45) is -0.178. The van der Waals surface area contributed by atoms with Gasteiger partial charge < -0.3 is 25.3 Å². The van der Waals surface area contributed by atoms with Crippen LogP contribution >= 0.6 is 11.8 Å². The molecule has 9 nitrogen and oxygen atoms in total. The number of benzene rings is 3. The normalized spacial score (nSPS) is 12.0. The maximum absolute atomic E-state index is 12.9. The van der Waals surface area contributed by atoms with E-state index in [1.165, 1.54) is 11.8 Å². The van der Waals surface area contributed by atoms with Gasteiger partial charge >= 0.3 is 17.9 Å². The number of nitrogens with one attached hydrogen (secondary N) is 1. The van der Waals surface area contributed by atoms with Crippen molar-refractivity contribution in [2.24, 2.45) is 11.7 Å². The first kappa shape index (κ1) is 31.4. The van der Waals surface area contributed by atoms with Crippen LogP contribution in [0.4, 0.5) is 0 Å². The third kappa shape index (κ3) is 12.3. The second kappa shape index (κ2) is 17.5. The molecule has 10 heteroatoms. The zero-order valence-corrected chi connectivity index (χ0v) is 23.4. The van der Waals surface area contributed by atoms with Gasteiger partial charge in [0.15, 0.2) is 0 Å². The maximum Gasteiger partial charge on any atom is 0.325 e. The lowest BCUT2D eigenvalue weighted by Crippen LogP contribution is -2.44. The summed E-state index contributed by atoms with van der Waals surface area (Å²) in [6.45, 7) is -0.0433. The molecule has 0 fully saturated rings. The molecule has 0 radical (unpaired) electrons. The van der Waals surface area contributed by atoms with E-state index in [1.54, 1.807) is 0 Å². The molecule has 216 valence electrons. The van der Waals surface area contributed by atoms with Gasteiger partial charge in [0, 0.05) is 11.5 Å². The number of rotatable bonds is 16. The number of hydrogen-bond acceptors (Lipinski definition) is 9. The third-order valence-corrected chi connectivity index (χ3v) is 7.05. The van der Waals surface area contributed by atoms with Crippen LogP contribution in [0.25, 0.3) is 0 Å². The van der Waals surface area contributed by atoms with E-state index in [9.17, 15) is 19.2 Å². The quantitative estimate of drug-likeness (QED) is 0.194. The van der Waals surface area contributed by atoms with E-state index in [0.29, 0.717) is 0 Å². The molecule has 41 heavy (non-hydrogen) atoms. The zero-order chi connectivity index (χ0) is 29.3. The van der Waals surface area contributed by atoms with Gasteiger partial charge in [-0.1, -0.05) is 91.0 Å². The van der Waals surface area contributed by atoms with Crippen LogP contribution in [0.15, 0.2) is 91.0 Å². The van der Waals surface area contributed by atoms with Crippen molar-refractivity contribution in [1.29, 1.82) is 0 Å². The Hall–Kier alpha value is -4.15. The Kier molecular flexibility index (Phi) is 13.4. The van der Waals surface area contributed by atoms with Crippen molar-refractivity contribution < 1.29 is 33.4 Å². The summed E-state index contributed by atoms with van der Waals surface area (Å²) >= 11 is 1.24. The number of ether oxygens (including phenoxy) is 3. The minimum absolute atomic E-state index is 0.0716. The number of nitrogens with two attached hydrogens (primary N) is 1. The highest BCUT2D eigenvalue weighted by atomic mass is 32.2. The van der Waals surface area contributed by atoms with E-state index >= 15 is 0 Å². The molecule has 3 N–H and O–H groups in total. The largest absolute Gasteiger partial charge is 0.461 e. The molecule has 0 unspecified atom stereocenters. The first-order valence-corrected chi connectivity index (χ1v) is 14.3. The Morgan fingerprint density at radius 3 is 1.63 bits per heavy atom. The number of esters is 3. The highest BCUT2D eigenvalue weighted by Crippen LogP contribution is 2.18. The molecule has 0 aliphatic heterocycles.